The van der Waals surface area contributed by atoms with Gasteiger partial charge in [0.15, 0.2) is 6.19 Å². The van der Waals surface area contributed by atoms with Gasteiger partial charge in [-0.15, -0.1) is 0 Å². The van der Waals surface area contributed by atoms with Gasteiger partial charge in [-0.25, -0.2) is 0 Å². The normalized spacial score (nSPS) is 22.1. The largest absolute Gasteiger partial charge is 0.343 e. The molecule has 1 unspecified atom stereocenters. The molecule has 8 heteroatoms. The van der Waals surface area contributed by atoms with Gasteiger partial charge in [0.2, 0.25) is 0 Å². The first-order chi connectivity index (χ1) is 14.7. The molecule has 2 atom stereocenters. The second-order valence-electron chi connectivity index (χ2n) is 7.78. The van der Waals surface area contributed by atoms with Gasteiger partial charge in [-0.2, -0.15) is 10.4 Å². The number of likely N-dealkylation sites (tertiary alicyclic amines) is 1. The molecule has 0 radical (unpaired) electrons. The molecule has 5 rings (SSSR count). The number of hydrogen-bond acceptors (Lipinski definition) is 6. The number of nitrogens with zero attached hydrogens (tertiary/aromatic N) is 4. The molecule has 0 bridgehead atoms. The Kier molecular flexibility index (Phi) is 4.68. The quantitative estimate of drug-likeness (QED) is 0.620. The summed E-state index contributed by atoms with van der Waals surface area (Å²) in [5.74, 6) is 0.162. The molecular weight excluding hydrogens is 396 g/mol. The van der Waals surface area contributed by atoms with Crippen molar-refractivity contribution in [3.05, 3.63) is 60.6 Å². The molecule has 2 aliphatic rings. The molecule has 1 aromatic carbocycles. The number of fused-ring (bicyclic) bond motifs is 1. The van der Waals surface area contributed by atoms with Gasteiger partial charge in [0.25, 0.3) is 5.91 Å². The van der Waals surface area contributed by atoms with E-state index < -0.39 is 0 Å². The lowest BCUT2D eigenvalue weighted by molar-refractivity contribution is 0.0757. The van der Waals surface area contributed by atoms with E-state index in [1.807, 2.05) is 24.3 Å². The minimum atomic E-state index is -0.291. The molecule has 3 heterocycles. The van der Waals surface area contributed by atoms with E-state index in [4.69, 9.17) is 0 Å². The number of H-pyrrole nitrogens is 1. The Morgan fingerprint density at radius 3 is 2.97 bits per heavy atom. The first-order valence-electron chi connectivity index (χ1n) is 9.87. The number of benzene rings is 1. The van der Waals surface area contributed by atoms with Crippen LogP contribution in [0.5, 0.6) is 0 Å². The van der Waals surface area contributed by atoms with Gasteiger partial charge >= 0.3 is 0 Å². The minimum absolute atomic E-state index is 0.181. The van der Waals surface area contributed by atoms with Crippen LogP contribution in [0.15, 0.2) is 64.6 Å². The number of pyridine rings is 1. The van der Waals surface area contributed by atoms with Crippen molar-refractivity contribution in [1.82, 2.24) is 25.4 Å². The number of amides is 1. The highest BCUT2D eigenvalue weighted by molar-refractivity contribution is 7.99. The van der Waals surface area contributed by atoms with Crippen molar-refractivity contribution < 1.29 is 4.79 Å². The predicted molar refractivity (Wildman–Crippen MR) is 112 cm³/mol. The van der Waals surface area contributed by atoms with E-state index in [2.05, 4.69) is 38.8 Å². The lowest BCUT2D eigenvalue weighted by atomic mass is 9.69. The smallest absolute Gasteiger partial charge is 0.269 e. The Balaban J connectivity index is 1.35. The predicted octanol–water partition coefficient (Wildman–Crippen LogP) is 3.30. The van der Waals surface area contributed by atoms with Gasteiger partial charge in [-0.05, 0) is 37.1 Å². The topological polar surface area (TPSA) is 97.7 Å². The molecule has 0 spiro atoms. The van der Waals surface area contributed by atoms with Crippen molar-refractivity contribution >= 4 is 17.7 Å². The standard InChI is InChI=1S/C22H20N6OS/c23-14-28-12-15-6-8-22(15,13-28)25-21(29)19-10-18(26-27-19)17-11-24-9-7-20(17)30-16-4-2-1-3-5-16/h1-5,7,9-11,15H,6,8,12-13H2,(H,25,29)(H,26,27)/t15?,22-/m0/s1. The summed E-state index contributed by atoms with van der Waals surface area (Å²) in [4.78, 5) is 21.0. The van der Waals surface area contributed by atoms with Crippen molar-refractivity contribution in [1.29, 1.82) is 5.26 Å². The molecule has 7 nitrogen and oxygen atoms in total. The lowest BCUT2D eigenvalue weighted by Gasteiger charge is -2.44. The molecular formula is C22H20N6OS. The van der Waals surface area contributed by atoms with Crippen LogP contribution in [0.2, 0.25) is 0 Å². The minimum Gasteiger partial charge on any atom is -0.343 e. The van der Waals surface area contributed by atoms with Crippen LogP contribution >= 0.6 is 11.8 Å². The summed E-state index contributed by atoms with van der Waals surface area (Å²) in [6.07, 6.45) is 7.68. The zero-order valence-corrected chi connectivity index (χ0v) is 17.0. The highest BCUT2D eigenvalue weighted by atomic mass is 32.2. The zero-order valence-electron chi connectivity index (χ0n) is 16.2. The van der Waals surface area contributed by atoms with Crippen LogP contribution in [-0.2, 0) is 0 Å². The maximum Gasteiger partial charge on any atom is 0.269 e. The van der Waals surface area contributed by atoms with Crippen LogP contribution in [0, 0.1) is 17.4 Å². The van der Waals surface area contributed by atoms with E-state index >= 15 is 0 Å². The Hall–Kier alpha value is -3.31. The first kappa shape index (κ1) is 18.7. The highest BCUT2D eigenvalue weighted by Gasteiger charge is 2.54. The van der Waals surface area contributed by atoms with Crippen LogP contribution in [0.3, 0.4) is 0 Å². The van der Waals surface area contributed by atoms with Crippen molar-refractivity contribution in [3.8, 4) is 17.5 Å². The van der Waals surface area contributed by atoms with Gasteiger partial charge in [0.05, 0.1) is 17.8 Å². The summed E-state index contributed by atoms with van der Waals surface area (Å²) in [6, 6.07) is 13.8. The van der Waals surface area contributed by atoms with E-state index in [1.165, 1.54) is 0 Å². The first-order valence-corrected chi connectivity index (χ1v) is 10.7. The van der Waals surface area contributed by atoms with Crippen molar-refractivity contribution in [2.75, 3.05) is 13.1 Å². The van der Waals surface area contributed by atoms with Crippen LogP contribution in [0.1, 0.15) is 23.3 Å². The second kappa shape index (κ2) is 7.50. The summed E-state index contributed by atoms with van der Waals surface area (Å²) < 4.78 is 0. The maximum absolute atomic E-state index is 12.9. The summed E-state index contributed by atoms with van der Waals surface area (Å²) in [5, 5.41) is 19.6. The van der Waals surface area contributed by atoms with Crippen LogP contribution in [0.25, 0.3) is 11.3 Å². The number of nitrogens with one attached hydrogen (secondary N) is 2. The van der Waals surface area contributed by atoms with E-state index in [1.54, 1.807) is 35.1 Å². The van der Waals surface area contributed by atoms with Gasteiger partial charge in [0, 0.05) is 40.2 Å². The fourth-order valence-electron chi connectivity index (χ4n) is 4.27. The number of hydrogen-bond donors (Lipinski definition) is 2. The van der Waals surface area contributed by atoms with Crippen molar-refractivity contribution in [2.45, 2.75) is 28.2 Å². The fourth-order valence-corrected chi connectivity index (χ4v) is 5.21. The average Bonchev–Trinajstić information content (AvgIpc) is 3.34. The Morgan fingerprint density at radius 1 is 1.33 bits per heavy atom. The zero-order chi connectivity index (χ0) is 20.6. The number of aromatic nitrogens is 3. The molecule has 2 fully saturated rings. The number of carbonyl (C=O) groups excluding carboxylic acids is 1. The van der Waals surface area contributed by atoms with Gasteiger partial charge in [-0.1, -0.05) is 30.0 Å². The van der Waals surface area contributed by atoms with Crippen LogP contribution < -0.4 is 5.32 Å². The van der Waals surface area contributed by atoms with Crippen LogP contribution in [-0.4, -0.2) is 44.6 Å². The molecule has 2 aromatic heterocycles. The third-order valence-electron chi connectivity index (χ3n) is 5.99. The SMILES string of the molecule is N#CN1CC2CC[C@]2(NC(=O)c2cc(-c3cnccc3Sc3ccccc3)n[nH]2)C1. The molecule has 3 aromatic rings. The van der Waals surface area contributed by atoms with Gasteiger partial charge in [0.1, 0.15) is 5.69 Å². The molecule has 150 valence electrons. The number of aromatic amines is 1. The Bertz CT molecular complexity index is 1120. The summed E-state index contributed by atoms with van der Waals surface area (Å²) in [5.41, 5.74) is 1.68. The molecule has 1 aliphatic carbocycles. The number of nitriles is 1. The monoisotopic (exact) mass is 416 g/mol. The molecule has 1 saturated carbocycles. The lowest BCUT2D eigenvalue weighted by Crippen LogP contribution is -2.60. The third kappa shape index (κ3) is 3.31. The Labute approximate surface area is 178 Å². The highest BCUT2D eigenvalue weighted by Crippen LogP contribution is 2.44. The van der Waals surface area contributed by atoms with Gasteiger partial charge < -0.3 is 10.2 Å². The third-order valence-corrected chi connectivity index (χ3v) is 7.07. The maximum atomic E-state index is 12.9. The molecule has 1 saturated heterocycles. The van der Waals surface area contributed by atoms with E-state index in [9.17, 15) is 10.1 Å². The Morgan fingerprint density at radius 2 is 2.20 bits per heavy atom. The van der Waals surface area contributed by atoms with Gasteiger partial charge in [-0.3, -0.25) is 14.9 Å². The second-order valence-corrected chi connectivity index (χ2v) is 8.90. The molecule has 2 N–H and O–H groups in total. The molecule has 1 aliphatic heterocycles. The van der Waals surface area contributed by atoms with Crippen LogP contribution in [0.4, 0.5) is 0 Å². The number of rotatable bonds is 5. The summed E-state index contributed by atoms with van der Waals surface area (Å²) in [7, 11) is 0. The summed E-state index contributed by atoms with van der Waals surface area (Å²) >= 11 is 1.63. The van der Waals surface area contributed by atoms with Crippen molar-refractivity contribution in [3.63, 3.8) is 0 Å². The fraction of sp³-hybridized carbons (Fsp3) is 0.273. The van der Waals surface area contributed by atoms with E-state index in [0.717, 1.165) is 34.7 Å². The average molecular weight is 417 g/mol. The van der Waals surface area contributed by atoms with E-state index in [0.29, 0.717) is 23.9 Å². The molecule has 30 heavy (non-hydrogen) atoms. The van der Waals surface area contributed by atoms with Crippen molar-refractivity contribution in [2.24, 2.45) is 5.92 Å². The summed E-state index contributed by atoms with van der Waals surface area (Å²) in [6.45, 7) is 1.31. The number of carbonyl (C=O) groups is 1. The molecule has 1 amide bonds. The van der Waals surface area contributed by atoms with E-state index in [-0.39, 0.29) is 11.4 Å².